The zero-order valence-corrected chi connectivity index (χ0v) is 17.4. The molecular weight excluding hydrogens is 426 g/mol. The summed E-state index contributed by atoms with van der Waals surface area (Å²) >= 11 is 0. The molecule has 1 aliphatic carbocycles. The minimum absolute atomic E-state index is 0.0242. The third-order valence-corrected chi connectivity index (χ3v) is 6.01. The molecule has 3 aromatic heterocycles. The van der Waals surface area contributed by atoms with E-state index in [1.165, 1.54) is 10.8 Å². The average Bonchev–Trinajstić information content (AvgIpc) is 3.57. The molecule has 8 nitrogen and oxygen atoms in total. The summed E-state index contributed by atoms with van der Waals surface area (Å²) in [5.74, 6) is 0.554. The standard InChI is InChI=1S/C23H20F2N8/c24-13-32-12-15(10-28-32)20-11-27-23-22(26-7-8-33(20)23)29-17-5-6-19-18(9-17)21(31-30-19)14-1-3-16(25)4-2-14/h1,3-12,14,21,30-31H,2,13H2,(H,26,29). The summed E-state index contributed by atoms with van der Waals surface area (Å²) < 4.78 is 29.4. The molecule has 6 rings (SSSR count). The van der Waals surface area contributed by atoms with Crippen molar-refractivity contribution in [3.8, 4) is 11.3 Å². The molecule has 0 spiro atoms. The summed E-state index contributed by atoms with van der Waals surface area (Å²) in [4.78, 5) is 9.00. The van der Waals surface area contributed by atoms with Crippen LogP contribution in [0.3, 0.4) is 0 Å². The number of aromatic nitrogens is 5. The van der Waals surface area contributed by atoms with Gasteiger partial charge in [0, 0.05) is 35.8 Å². The SMILES string of the molecule is FCn1cc(-c2cnc3c(Nc4ccc5c(c4)C(C4C=CC(F)=CC4)NN5)nccn23)cn1. The Morgan fingerprint density at radius 3 is 2.97 bits per heavy atom. The van der Waals surface area contributed by atoms with Crippen LogP contribution in [0.4, 0.5) is 26.0 Å². The van der Waals surface area contributed by atoms with E-state index in [0.717, 1.165) is 28.2 Å². The Bertz CT molecular complexity index is 1400. The van der Waals surface area contributed by atoms with E-state index in [1.807, 2.05) is 28.8 Å². The first-order valence-corrected chi connectivity index (χ1v) is 10.6. The summed E-state index contributed by atoms with van der Waals surface area (Å²) in [5, 5.41) is 7.37. The Labute approximate surface area is 187 Å². The van der Waals surface area contributed by atoms with E-state index in [-0.39, 0.29) is 17.8 Å². The monoisotopic (exact) mass is 446 g/mol. The van der Waals surface area contributed by atoms with Crippen LogP contribution in [0.15, 0.2) is 73.2 Å². The number of hydrazine groups is 1. The predicted octanol–water partition coefficient (Wildman–Crippen LogP) is 4.66. The highest BCUT2D eigenvalue weighted by molar-refractivity contribution is 5.75. The molecule has 4 heterocycles. The molecule has 0 radical (unpaired) electrons. The fourth-order valence-corrected chi connectivity index (χ4v) is 4.36. The van der Waals surface area contributed by atoms with Crippen LogP contribution in [0, 0.1) is 5.92 Å². The van der Waals surface area contributed by atoms with Gasteiger partial charge in [0.05, 0.1) is 29.8 Å². The molecule has 0 saturated heterocycles. The number of nitrogens with zero attached hydrogens (tertiary/aromatic N) is 5. The molecule has 2 aliphatic rings. The maximum Gasteiger partial charge on any atom is 0.181 e. The van der Waals surface area contributed by atoms with Crippen molar-refractivity contribution in [2.75, 3.05) is 10.7 Å². The van der Waals surface area contributed by atoms with Gasteiger partial charge >= 0.3 is 0 Å². The molecule has 2 unspecified atom stereocenters. The largest absolute Gasteiger partial charge is 0.337 e. The molecule has 0 fully saturated rings. The second-order valence-corrected chi connectivity index (χ2v) is 8.02. The zero-order valence-electron chi connectivity index (χ0n) is 17.4. The van der Waals surface area contributed by atoms with Crippen molar-refractivity contribution in [1.82, 2.24) is 29.6 Å². The molecular formula is C23H20F2N8. The van der Waals surface area contributed by atoms with Crippen LogP contribution in [0.25, 0.3) is 16.9 Å². The number of hydrogen-bond donors (Lipinski definition) is 3. The van der Waals surface area contributed by atoms with E-state index in [0.29, 0.717) is 17.9 Å². The maximum atomic E-state index is 13.4. The number of nitrogens with one attached hydrogen (secondary N) is 3. The number of imidazole rings is 1. The lowest BCUT2D eigenvalue weighted by Gasteiger charge is -2.21. The van der Waals surface area contributed by atoms with Gasteiger partial charge in [0.25, 0.3) is 0 Å². The van der Waals surface area contributed by atoms with E-state index in [2.05, 4.69) is 37.3 Å². The van der Waals surface area contributed by atoms with E-state index in [9.17, 15) is 8.78 Å². The Morgan fingerprint density at radius 1 is 1.21 bits per heavy atom. The van der Waals surface area contributed by atoms with Gasteiger partial charge < -0.3 is 10.7 Å². The molecule has 0 saturated carbocycles. The van der Waals surface area contributed by atoms with Crippen LogP contribution in [-0.4, -0.2) is 24.1 Å². The van der Waals surface area contributed by atoms with Gasteiger partial charge in [-0.3, -0.25) is 4.40 Å². The van der Waals surface area contributed by atoms with Gasteiger partial charge in [-0.25, -0.2) is 28.9 Å². The Morgan fingerprint density at radius 2 is 2.15 bits per heavy atom. The van der Waals surface area contributed by atoms with Crippen LogP contribution in [0.5, 0.6) is 0 Å². The number of benzene rings is 1. The smallest absolute Gasteiger partial charge is 0.181 e. The Balaban J connectivity index is 1.30. The number of alkyl halides is 1. The van der Waals surface area contributed by atoms with Crippen molar-refractivity contribution in [2.45, 2.75) is 19.3 Å². The number of allylic oxidation sites excluding steroid dienone is 3. The molecule has 33 heavy (non-hydrogen) atoms. The minimum Gasteiger partial charge on any atom is -0.337 e. The lowest BCUT2D eigenvalue weighted by Crippen LogP contribution is -2.25. The number of anilines is 3. The summed E-state index contributed by atoms with van der Waals surface area (Å²) in [5.41, 5.74) is 11.7. The molecule has 2 atom stereocenters. The summed E-state index contributed by atoms with van der Waals surface area (Å²) in [7, 11) is 0. The maximum absolute atomic E-state index is 13.4. The van der Waals surface area contributed by atoms with Gasteiger partial charge in [-0.15, -0.1) is 0 Å². The summed E-state index contributed by atoms with van der Waals surface area (Å²) in [6.07, 6.45) is 14.1. The van der Waals surface area contributed by atoms with Crippen molar-refractivity contribution in [3.05, 3.63) is 78.8 Å². The zero-order chi connectivity index (χ0) is 22.4. The first-order chi connectivity index (χ1) is 16.2. The van der Waals surface area contributed by atoms with Crippen LogP contribution >= 0.6 is 0 Å². The van der Waals surface area contributed by atoms with E-state index in [1.54, 1.807) is 30.9 Å². The van der Waals surface area contributed by atoms with Gasteiger partial charge in [0.2, 0.25) is 0 Å². The van der Waals surface area contributed by atoms with Gasteiger partial charge in [0.15, 0.2) is 18.3 Å². The quantitative estimate of drug-likeness (QED) is 0.413. The Hall–Kier alpha value is -4.05. The third-order valence-electron chi connectivity index (χ3n) is 6.01. The molecule has 166 valence electrons. The van der Waals surface area contributed by atoms with Gasteiger partial charge in [-0.05, 0) is 42.3 Å². The molecule has 4 aromatic rings. The topological polar surface area (TPSA) is 84.1 Å². The van der Waals surface area contributed by atoms with E-state index in [4.69, 9.17) is 0 Å². The Kier molecular flexibility index (Phi) is 4.65. The number of fused-ring (bicyclic) bond motifs is 2. The highest BCUT2D eigenvalue weighted by Gasteiger charge is 2.29. The van der Waals surface area contributed by atoms with Gasteiger partial charge in [0.1, 0.15) is 5.83 Å². The molecule has 10 heteroatoms. The van der Waals surface area contributed by atoms with Crippen molar-refractivity contribution in [3.63, 3.8) is 0 Å². The first-order valence-electron chi connectivity index (χ1n) is 10.6. The normalized spacial score (nSPS) is 19.4. The third kappa shape index (κ3) is 3.44. The van der Waals surface area contributed by atoms with E-state index < -0.39 is 6.80 Å². The van der Waals surface area contributed by atoms with Crippen molar-refractivity contribution >= 4 is 22.8 Å². The lowest BCUT2D eigenvalue weighted by molar-refractivity contribution is 0.350. The number of halogens is 2. The summed E-state index contributed by atoms with van der Waals surface area (Å²) in [6.45, 7) is -0.685. The predicted molar refractivity (Wildman–Crippen MR) is 121 cm³/mol. The first kappa shape index (κ1) is 19.6. The number of rotatable bonds is 5. The lowest BCUT2D eigenvalue weighted by atomic mass is 9.88. The van der Waals surface area contributed by atoms with Crippen molar-refractivity contribution in [1.29, 1.82) is 0 Å². The second kappa shape index (κ2) is 7.82. The van der Waals surface area contributed by atoms with Crippen LogP contribution < -0.4 is 16.2 Å². The molecule has 0 bridgehead atoms. The van der Waals surface area contributed by atoms with Crippen molar-refractivity contribution in [2.24, 2.45) is 5.92 Å². The molecule has 1 aromatic carbocycles. The fraction of sp³-hybridized carbons (Fsp3) is 0.174. The molecule has 0 amide bonds. The number of hydrogen-bond acceptors (Lipinski definition) is 6. The van der Waals surface area contributed by atoms with Crippen LogP contribution in [-0.2, 0) is 6.80 Å². The average molecular weight is 446 g/mol. The summed E-state index contributed by atoms with van der Waals surface area (Å²) in [6, 6.07) is 6.05. The van der Waals surface area contributed by atoms with Crippen LogP contribution in [0.2, 0.25) is 0 Å². The van der Waals surface area contributed by atoms with E-state index >= 15 is 0 Å². The van der Waals surface area contributed by atoms with Gasteiger partial charge in [-0.2, -0.15) is 5.10 Å². The highest BCUT2D eigenvalue weighted by Crippen LogP contribution is 2.39. The second-order valence-electron chi connectivity index (χ2n) is 8.02. The molecule has 3 N–H and O–H groups in total. The molecule has 1 aliphatic heterocycles. The highest BCUT2D eigenvalue weighted by atomic mass is 19.1. The van der Waals surface area contributed by atoms with Crippen molar-refractivity contribution < 1.29 is 8.78 Å². The fourth-order valence-electron chi connectivity index (χ4n) is 4.36. The minimum atomic E-state index is -0.685. The van der Waals surface area contributed by atoms with Crippen LogP contribution in [0.1, 0.15) is 18.0 Å². The van der Waals surface area contributed by atoms with Gasteiger partial charge in [-0.1, -0.05) is 6.08 Å².